The largest absolute Gasteiger partial charge is 0.480 e. The van der Waals surface area contributed by atoms with Gasteiger partial charge >= 0.3 is 5.97 Å². The van der Waals surface area contributed by atoms with Crippen molar-refractivity contribution in [3.63, 3.8) is 0 Å². The van der Waals surface area contributed by atoms with Crippen molar-refractivity contribution in [2.75, 3.05) is 0 Å². The maximum atomic E-state index is 10.9. The topological polar surface area (TPSA) is 72.9 Å². The Hall–Kier alpha value is -1.85. The Balaban J connectivity index is 2.67. The number of aliphatic carboxylic acids is 1. The highest BCUT2D eigenvalue weighted by Gasteiger charge is 2.20. The van der Waals surface area contributed by atoms with Crippen molar-refractivity contribution in [1.82, 2.24) is 19.6 Å². The summed E-state index contributed by atoms with van der Waals surface area (Å²) in [4.78, 5) is 10.9. The van der Waals surface area contributed by atoms with Crippen molar-refractivity contribution in [1.29, 1.82) is 0 Å². The molecule has 1 atom stereocenters. The molecule has 1 N–H and O–H groups in total. The van der Waals surface area contributed by atoms with E-state index in [2.05, 4.69) is 10.2 Å². The van der Waals surface area contributed by atoms with Crippen LogP contribution in [0.3, 0.4) is 0 Å². The minimum Gasteiger partial charge on any atom is -0.480 e. The number of fused-ring (bicyclic) bond motifs is 1. The van der Waals surface area contributed by atoms with E-state index in [9.17, 15) is 4.79 Å². The fraction of sp³-hybridized carbons (Fsp3) is 0.444. The van der Waals surface area contributed by atoms with Crippen LogP contribution in [0.5, 0.6) is 0 Å². The Labute approximate surface area is 86.1 Å². The number of hydrogen-bond donors (Lipinski definition) is 1. The molecule has 0 aliphatic heterocycles. The molecular formula is C9H12N4O2. The maximum Gasteiger partial charge on any atom is 0.328 e. The summed E-state index contributed by atoms with van der Waals surface area (Å²) in [7, 11) is 1.81. The highest BCUT2D eigenvalue weighted by atomic mass is 16.4. The Morgan fingerprint density at radius 2 is 2.27 bits per heavy atom. The Morgan fingerprint density at radius 1 is 1.60 bits per heavy atom. The second-order valence-electron chi connectivity index (χ2n) is 3.55. The molecule has 0 bridgehead atoms. The summed E-state index contributed by atoms with van der Waals surface area (Å²) in [5.74, 6) is -0.900. The van der Waals surface area contributed by atoms with E-state index in [-0.39, 0.29) is 0 Å². The van der Waals surface area contributed by atoms with Crippen LogP contribution in [-0.4, -0.2) is 30.6 Å². The Morgan fingerprint density at radius 3 is 2.87 bits per heavy atom. The second-order valence-corrected chi connectivity index (χ2v) is 3.55. The lowest BCUT2D eigenvalue weighted by Gasteiger charge is -2.06. The van der Waals surface area contributed by atoms with Crippen molar-refractivity contribution in [3.8, 4) is 0 Å². The van der Waals surface area contributed by atoms with Gasteiger partial charge < -0.3 is 5.11 Å². The van der Waals surface area contributed by atoms with Gasteiger partial charge in [-0.15, -0.1) is 0 Å². The fourth-order valence-corrected chi connectivity index (χ4v) is 1.67. The van der Waals surface area contributed by atoms with Crippen LogP contribution in [0.1, 0.15) is 18.7 Å². The summed E-state index contributed by atoms with van der Waals surface area (Å²) < 4.78 is 3.18. The molecule has 0 aromatic carbocycles. The second kappa shape index (κ2) is 3.08. The van der Waals surface area contributed by atoms with Crippen LogP contribution < -0.4 is 0 Å². The van der Waals surface area contributed by atoms with Crippen molar-refractivity contribution in [2.24, 2.45) is 7.05 Å². The standard InChI is InChI=1S/C9H12N4O2/c1-5-8-7(12(3)11-5)4-10-13(8)6(2)9(14)15/h4,6H,1-3H3,(H,14,15). The summed E-state index contributed by atoms with van der Waals surface area (Å²) >= 11 is 0. The number of rotatable bonds is 2. The maximum absolute atomic E-state index is 10.9. The zero-order valence-electron chi connectivity index (χ0n) is 8.80. The Bertz CT molecular complexity index is 525. The molecule has 2 aromatic heterocycles. The van der Waals surface area contributed by atoms with E-state index in [0.717, 1.165) is 16.7 Å². The monoisotopic (exact) mass is 208 g/mol. The lowest BCUT2D eigenvalue weighted by Crippen LogP contribution is -2.16. The van der Waals surface area contributed by atoms with Gasteiger partial charge in [0.05, 0.1) is 11.9 Å². The third kappa shape index (κ3) is 1.29. The van der Waals surface area contributed by atoms with E-state index in [1.165, 1.54) is 4.68 Å². The van der Waals surface area contributed by atoms with Crippen LogP contribution in [0.25, 0.3) is 11.0 Å². The smallest absolute Gasteiger partial charge is 0.328 e. The molecular weight excluding hydrogens is 196 g/mol. The van der Waals surface area contributed by atoms with Crippen LogP contribution in [-0.2, 0) is 11.8 Å². The minimum absolute atomic E-state index is 0.676. The van der Waals surface area contributed by atoms with Crippen LogP contribution in [0.4, 0.5) is 0 Å². The van der Waals surface area contributed by atoms with Gasteiger partial charge in [0.25, 0.3) is 0 Å². The van der Waals surface area contributed by atoms with Crippen molar-refractivity contribution in [2.45, 2.75) is 19.9 Å². The molecule has 2 rings (SSSR count). The first-order chi connectivity index (χ1) is 7.02. The molecule has 0 saturated carbocycles. The first-order valence-electron chi connectivity index (χ1n) is 4.62. The summed E-state index contributed by atoms with van der Waals surface area (Å²) in [5.41, 5.74) is 2.42. The van der Waals surface area contributed by atoms with E-state index in [4.69, 9.17) is 5.11 Å². The predicted octanol–water partition coefficient (Wildman–Crippen LogP) is 0.724. The van der Waals surface area contributed by atoms with E-state index in [1.54, 1.807) is 17.8 Å². The van der Waals surface area contributed by atoms with Crippen molar-refractivity contribution >= 4 is 17.0 Å². The quantitative estimate of drug-likeness (QED) is 0.789. The highest BCUT2D eigenvalue weighted by Crippen LogP contribution is 2.20. The van der Waals surface area contributed by atoms with Gasteiger partial charge in [-0.1, -0.05) is 0 Å². The molecule has 2 aromatic rings. The van der Waals surface area contributed by atoms with Gasteiger partial charge in [-0.25, -0.2) is 9.48 Å². The third-order valence-electron chi connectivity index (χ3n) is 2.49. The molecule has 0 radical (unpaired) electrons. The summed E-state index contributed by atoms with van der Waals surface area (Å²) in [6.07, 6.45) is 1.63. The van der Waals surface area contributed by atoms with Crippen molar-refractivity contribution in [3.05, 3.63) is 11.9 Å². The van der Waals surface area contributed by atoms with Crippen molar-refractivity contribution < 1.29 is 9.90 Å². The molecule has 15 heavy (non-hydrogen) atoms. The van der Waals surface area contributed by atoms with Gasteiger partial charge in [0.1, 0.15) is 17.1 Å². The first kappa shape index (κ1) is 9.70. The summed E-state index contributed by atoms with van der Waals surface area (Å²) in [5, 5.41) is 17.2. The summed E-state index contributed by atoms with van der Waals surface area (Å²) in [6, 6.07) is -0.676. The molecule has 6 nitrogen and oxygen atoms in total. The number of aromatic nitrogens is 4. The number of carbonyl (C=O) groups is 1. The van der Waals surface area contributed by atoms with Gasteiger partial charge in [0.2, 0.25) is 0 Å². The molecule has 2 heterocycles. The lowest BCUT2D eigenvalue weighted by atomic mass is 10.3. The molecule has 6 heteroatoms. The van der Waals surface area contributed by atoms with Gasteiger partial charge in [-0.2, -0.15) is 10.2 Å². The lowest BCUT2D eigenvalue weighted by molar-refractivity contribution is -0.140. The molecule has 0 aliphatic rings. The molecule has 0 amide bonds. The minimum atomic E-state index is -0.900. The van der Waals surface area contributed by atoms with Crippen LogP contribution >= 0.6 is 0 Å². The van der Waals surface area contributed by atoms with Gasteiger partial charge in [-0.3, -0.25) is 4.68 Å². The summed E-state index contributed by atoms with van der Waals surface area (Å²) in [6.45, 7) is 3.44. The Kier molecular flexibility index (Phi) is 1.99. The normalized spacial score (nSPS) is 13.3. The average Bonchev–Trinajstić information content (AvgIpc) is 2.69. The van der Waals surface area contributed by atoms with E-state index in [1.807, 2.05) is 14.0 Å². The molecule has 80 valence electrons. The van der Waals surface area contributed by atoms with Gasteiger partial charge in [0.15, 0.2) is 0 Å². The number of hydrogen-bond acceptors (Lipinski definition) is 3. The average molecular weight is 208 g/mol. The van der Waals surface area contributed by atoms with E-state index in [0.29, 0.717) is 0 Å². The van der Waals surface area contributed by atoms with Gasteiger partial charge in [-0.05, 0) is 13.8 Å². The fourth-order valence-electron chi connectivity index (χ4n) is 1.67. The number of aryl methyl sites for hydroxylation is 2. The van der Waals surface area contributed by atoms with E-state index >= 15 is 0 Å². The first-order valence-corrected chi connectivity index (χ1v) is 4.62. The molecule has 0 saturated heterocycles. The van der Waals surface area contributed by atoms with Crippen LogP contribution in [0, 0.1) is 6.92 Å². The van der Waals surface area contributed by atoms with Crippen LogP contribution in [0.2, 0.25) is 0 Å². The molecule has 0 spiro atoms. The SMILES string of the molecule is Cc1nn(C)c2cnn(C(C)C(=O)O)c12. The third-order valence-corrected chi connectivity index (χ3v) is 2.49. The van der Waals surface area contributed by atoms with E-state index < -0.39 is 12.0 Å². The number of carboxylic acids is 1. The molecule has 0 fully saturated rings. The number of nitrogens with zero attached hydrogens (tertiary/aromatic N) is 4. The highest BCUT2D eigenvalue weighted by molar-refractivity contribution is 5.80. The van der Waals surface area contributed by atoms with Gasteiger partial charge in [0, 0.05) is 7.05 Å². The zero-order chi connectivity index (χ0) is 11.2. The predicted molar refractivity (Wildman–Crippen MR) is 53.6 cm³/mol. The van der Waals surface area contributed by atoms with Crippen LogP contribution in [0.15, 0.2) is 6.20 Å². The zero-order valence-corrected chi connectivity index (χ0v) is 8.80. The molecule has 0 aliphatic carbocycles. The number of carboxylic acid groups (broad SMARTS) is 1. The molecule has 1 unspecified atom stereocenters.